The van der Waals surface area contributed by atoms with E-state index in [0.29, 0.717) is 34.0 Å². The van der Waals surface area contributed by atoms with Gasteiger partial charge in [-0.05, 0) is 68.1 Å². The van der Waals surface area contributed by atoms with Crippen LogP contribution in [-0.2, 0) is 17.9 Å². The largest absolute Gasteiger partial charge is 0.486 e. The molecule has 3 aromatic rings. The van der Waals surface area contributed by atoms with Crippen LogP contribution >= 0.6 is 35.0 Å². The van der Waals surface area contributed by atoms with Gasteiger partial charge in [0.1, 0.15) is 12.4 Å². The molecule has 3 rings (SSSR count). The Morgan fingerprint density at radius 3 is 2.45 bits per heavy atom. The number of carbonyl (C=O) groups is 1. The van der Waals surface area contributed by atoms with E-state index in [1.54, 1.807) is 6.08 Å². The monoisotopic (exact) mass is 504 g/mol. The minimum Gasteiger partial charge on any atom is -0.486 e. The first-order valence-electron chi connectivity index (χ1n) is 10.3. The molecule has 0 aliphatic heterocycles. The molecule has 1 heterocycles. The fourth-order valence-corrected chi connectivity index (χ4v) is 4.61. The van der Waals surface area contributed by atoms with Gasteiger partial charge < -0.3 is 10.1 Å². The van der Waals surface area contributed by atoms with Gasteiger partial charge in [-0.25, -0.2) is 0 Å². The maximum absolute atomic E-state index is 12.5. The molecule has 1 N–H and O–H groups in total. The van der Waals surface area contributed by atoms with Crippen LogP contribution in [0.25, 0.3) is 0 Å². The third kappa shape index (κ3) is 6.31. The summed E-state index contributed by atoms with van der Waals surface area (Å²) in [7, 11) is 0. The number of nitrogens with zero attached hydrogens (tertiary/aromatic N) is 3. The molecular formula is C24H26Cl2N4O2S. The number of halogens is 2. The van der Waals surface area contributed by atoms with E-state index in [4.69, 9.17) is 27.9 Å². The molecule has 0 saturated heterocycles. The van der Waals surface area contributed by atoms with E-state index in [1.807, 2.05) is 56.5 Å². The van der Waals surface area contributed by atoms with Crippen molar-refractivity contribution in [2.24, 2.45) is 0 Å². The lowest BCUT2D eigenvalue weighted by Crippen LogP contribution is -2.16. The number of thioether (sulfide) groups is 1. The fourth-order valence-electron chi connectivity index (χ4n) is 3.36. The number of amides is 1. The second-order valence-electron chi connectivity index (χ2n) is 7.73. The van der Waals surface area contributed by atoms with Crippen molar-refractivity contribution in [1.82, 2.24) is 14.8 Å². The Morgan fingerprint density at radius 1 is 1.12 bits per heavy atom. The number of benzene rings is 2. The van der Waals surface area contributed by atoms with E-state index in [1.165, 1.54) is 11.8 Å². The van der Waals surface area contributed by atoms with Crippen LogP contribution in [0.1, 0.15) is 28.1 Å². The van der Waals surface area contributed by atoms with Crippen LogP contribution in [0, 0.1) is 27.7 Å². The standard InChI is InChI=1S/C24H26Cl2N4O2S/c1-6-7-30-20(12-32-18-10-15(3)22(26)16(4)11-18)28-29-24(30)33-13-21(31)27-23-17(5)8-14(2)9-19(23)25/h6,8-11H,1,7,12-13H2,2-5H3,(H,27,31). The van der Waals surface area contributed by atoms with Crippen LogP contribution in [0.4, 0.5) is 5.69 Å². The summed E-state index contributed by atoms with van der Waals surface area (Å²) < 4.78 is 7.81. The lowest BCUT2D eigenvalue weighted by molar-refractivity contribution is -0.113. The molecule has 1 aromatic heterocycles. The maximum atomic E-state index is 12.5. The molecule has 0 saturated carbocycles. The second kappa shape index (κ2) is 11.1. The summed E-state index contributed by atoms with van der Waals surface area (Å²) in [5.41, 5.74) is 4.49. The Kier molecular flexibility index (Phi) is 8.46. The normalized spacial score (nSPS) is 10.8. The van der Waals surface area contributed by atoms with Crippen molar-refractivity contribution in [2.45, 2.75) is 46.0 Å². The number of rotatable bonds is 9. The Labute approximate surface area is 208 Å². The van der Waals surface area contributed by atoms with E-state index < -0.39 is 0 Å². The number of allylic oxidation sites excluding steroid dienone is 1. The number of aryl methyl sites for hydroxylation is 4. The highest BCUT2D eigenvalue weighted by Gasteiger charge is 2.16. The number of aromatic nitrogens is 3. The highest BCUT2D eigenvalue weighted by Crippen LogP contribution is 2.29. The van der Waals surface area contributed by atoms with E-state index in [0.717, 1.165) is 27.3 Å². The Balaban J connectivity index is 1.67. The van der Waals surface area contributed by atoms with Crippen molar-refractivity contribution in [2.75, 3.05) is 11.1 Å². The van der Waals surface area contributed by atoms with Crippen LogP contribution in [0.2, 0.25) is 10.0 Å². The molecule has 2 aromatic carbocycles. The van der Waals surface area contributed by atoms with Crippen LogP contribution in [-0.4, -0.2) is 26.4 Å². The summed E-state index contributed by atoms with van der Waals surface area (Å²) in [6, 6.07) is 7.59. The molecule has 0 radical (unpaired) electrons. The molecule has 0 aliphatic carbocycles. The minimum absolute atomic E-state index is 0.162. The van der Waals surface area contributed by atoms with Crippen molar-refractivity contribution in [3.63, 3.8) is 0 Å². The molecule has 0 fully saturated rings. The molecule has 0 bridgehead atoms. The topological polar surface area (TPSA) is 69.0 Å². The lowest BCUT2D eigenvalue weighted by Gasteiger charge is -2.12. The summed E-state index contributed by atoms with van der Waals surface area (Å²) in [5.74, 6) is 1.34. The average molecular weight is 505 g/mol. The third-order valence-corrected chi connectivity index (χ3v) is 6.77. The predicted molar refractivity (Wildman–Crippen MR) is 136 cm³/mol. The van der Waals surface area contributed by atoms with Gasteiger partial charge in [0.05, 0.1) is 16.5 Å². The molecule has 174 valence electrons. The average Bonchev–Trinajstić information content (AvgIpc) is 3.13. The molecule has 0 aliphatic rings. The van der Waals surface area contributed by atoms with Crippen molar-refractivity contribution < 1.29 is 9.53 Å². The highest BCUT2D eigenvalue weighted by atomic mass is 35.5. The molecule has 0 unspecified atom stereocenters. The smallest absolute Gasteiger partial charge is 0.234 e. The first-order chi connectivity index (χ1) is 15.7. The minimum atomic E-state index is -0.174. The van der Waals surface area contributed by atoms with Crippen LogP contribution in [0.15, 0.2) is 42.1 Å². The van der Waals surface area contributed by atoms with Crippen LogP contribution in [0.5, 0.6) is 5.75 Å². The van der Waals surface area contributed by atoms with Crippen molar-refractivity contribution in [3.8, 4) is 5.75 Å². The second-order valence-corrected chi connectivity index (χ2v) is 9.46. The SMILES string of the molecule is C=CCn1c(COc2cc(C)c(Cl)c(C)c2)nnc1SCC(=O)Nc1c(C)cc(C)cc1Cl. The van der Waals surface area contributed by atoms with E-state index in [-0.39, 0.29) is 18.3 Å². The molecule has 0 atom stereocenters. The lowest BCUT2D eigenvalue weighted by atomic mass is 10.1. The van der Waals surface area contributed by atoms with Crippen molar-refractivity contribution in [3.05, 3.63) is 75.0 Å². The molecule has 1 amide bonds. The maximum Gasteiger partial charge on any atom is 0.234 e. The summed E-state index contributed by atoms with van der Waals surface area (Å²) in [6.07, 6.45) is 1.75. The Morgan fingerprint density at radius 2 is 1.82 bits per heavy atom. The molecule has 0 spiro atoms. The summed E-state index contributed by atoms with van der Waals surface area (Å²) in [6.45, 7) is 12.3. The van der Waals surface area contributed by atoms with Gasteiger partial charge in [-0.1, -0.05) is 47.1 Å². The van der Waals surface area contributed by atoms with Crippen molar-refractivity contribution in [1.29, 1.82) is 0 Å². The Hall–Kier alpha value is -2.48. The van der Waals surface area contributed by atoms with Gasteiger partial charge >= 0.3 is 0 Å². The zero-order chi connectivity index (χ0) is 24.1. The number of ether oxygens (including phenoxy) is 1. The highest BCUT2D eigenvalue weighted by molar-refractivity contribution is 7.99. The third-order valence-electron chi connectivity index (χ3n) is 4.91. The number of hydrogen-bond acceptors (Lipinski definition) is 5. The first kappa shape index (κ1) is 25.1. The zero-order valence-corrected chi connectivity index (χ0v) is 21.4. The molecule has 33 heavy (non-hydrogen) atoms. The van der Waals surface area contributed by atoms with E-state index >= 15 is 0 Å². The first-order valence-corrected chi connectivity index (χ1v) is 12.1. The van der Waals surface area contributed by atoms with Gasteiger partial charge in [-0.3, -0.25) is 9.36 Å². The zero-order valence-electron chi connectivity index (χ0n) is 19.0. The predicted octanol–water partition coefficient (Wildman–Crippen LogP) is 6.31. The van der Waals surface area contributed by atoms with Gasteiger partial charge in [0.2, 0.25) is 5.91 Å². The number of hydrogen-bond donors (Lipinski definition) is 1. The summed E-state index contributed by atoms with van der Waals surface area (Å²) in [5, 5.41) is 13.3. The van der Waals surface area contributed by atoms with Gasteiger partial charge in [0, 0.05) is 11.6 Å². The van der Waals surface area contributed by atoms with Crippen molar-refractivity contribution >= 4 is 46.6 Å². The number of nitrogens with one attached hydrogen (secondary N) is 1. The summed E-state index contributed by atoms with van der Waals surface area (Å²) in [4.78, 5) is 12.5. The number of anilines is 1. The van der Waals surface area contributed by atoms with Gasteiger partial charge in [-0.15, -0.1) is 16.8 Å². The quantitative estimate of drug-likeness (QED) is 0.273. The van der Waals surface area contributed by atoms with E-state index in [9.17, 15) is 4.79 Å². The molecule has 6 nitrogen and oxygen atoms in total. The van der Waals surface area contributed by atoms with Crippen LogP contribution in [0.3, 0.4) is 0 Å². The number of carbonyl (C=O) groups excluding carboxylic acids is 1. The summed E-state index contributed by atoms with van der Waals surface area (Å²) >= 11 is 13.8. The fraction of sp³-hybridized carbons (Fsp3) is 0.292. The van der Waals surface area contributed by atoms with E-state index in [2.05, 4.69) is 22.1 Å². The molecule has 9 heteroatoms. The van der Waals surface area contributed by atoms with Gasteiger partial charge in [-0.2, -0.15) is 0 Å². The van der Waals surface area contributed by atoms with Crippen LogP contribution < -0.4 is 10.1 Å². The molecular weight excluding hydrogens is 479 g/mol. The Bertz CT molecular complexity index is 1150. The van der Waals surface area contributed by atoms with Gasteiger partial charge in [0.25, 0.3) is 0 Å². The van der Waals surface area contributed by atoms with Gasteiger partial charge in [0.15, 0.2) is 11.0 Å².